The van der Waals surface area contributed by atoms with Gasteiger partial charge in [-0.3, -0.25) is 19.2 Å². The highest BCUT2D eigenvalue weighted by Gasteiger charge is 2.29. The number of nitrogens with zero attached hydrogens (tertiary/aromatic N) is 6. The number of morpholine rings is 1. The molecular weight excluding hydrogens is 580 g/mol. The lowest BCUT2D eigenvalue weighted by molar-refractivity contribution is -0.131. The van der Waals surface area contributed by atoms with Crippen LogP contribution in [-0.4, -0.2) is 87.3 Å². The normalized spacial score (nSPS) is 16.8. The first-order valence-electron chi connectivity index (χ1n) is 16.3. The van der Waals surface area contributed by atoms with Gasteiger partial charge in [-0.15, -0.1) is 0 Å². The van der Waals surface area contributed by atoms with Gasteiger partial charge in [0.1, 0.15) is 12.2 Å². The van der Waals surface area contributed by atoms with Gasteiger partial charge in [0.15, 0.2) is 0 Å². The number of aromatic nitrogens is 4. The highest BCUT2D eigenvalue weighted by Crippen LogP contribution is 2.33. The molecule has 2 aromatic heterocycles. The van der Waals surface area contributed by atoms with E-state index in [1.54, 1.807) is 10.9 Å². The van der Waals surface area contributed by atoms with Crippen molar-refractivity contribution in [2.75, 3.05) is 56.6 Å². The van der Waals surface area contributed by atoms with Crippen LogP contribution in [0.2, 0.25) is 0 Å². The summed E-state index contributed by atoms with van der Waals surface area (Å²) in [5.74, 6) is 0.748. The van der Waals surface area contributed by atoms with Gasteiger partial charge >= 0.3 is 0 Å². The summed E-state index contributed by atoms with van der Waals surface area (Å²) in [6, 6.07) is 17.9. The summed E-state index contributed by atoms with van der Waals surface area (Å²) in [6.07, 6.45) is 8.58. The second-order valence-electron chi connectivity index (χ2n) is 12.3. The minimum atomic E-state index is 0.0646. The molecule has 2 saturated heterocycles. The molecule has 11 heteroatoms. The highest BCUT2D eigenvalue weighted by atomic mass is 16.5. The minimum Gasteiger partial charge on any atom is -0.379 e. The van der Waals surface area contributed by atoms with Crippen molar-refractivity contribution in [3.63, 3.8) is 0 Å². The van der Waals surface area contributed by atoms with Gasteiger partial charge in [0, 0.05) is 73.5 Å². The Bertz CT molecular complexity index is 1670. The lowest BCUT2D eigenvalue weighted by Gasteiger charge is -2.26. The maximum Gasteiger partial charge on any atom is 0.244 e. The fraction of sp³-hybridized carbons (Fsp3) is 0.400. The van der Waals surface area contributed by atoms with Crippen LogP contribution in [0.15, 0.2) is 67.0 Å². The average Bonchev–Trinajstić information content (AvgIpc) is 3.62. The summed E-state index contributed by atoms with van der Waals surface area (Å²) >= 11 is 0. The zero-order valence-corrected chi connectivity index (χ0v) is 26.0. The number of benzene rings is 2. The molecule has 0 radical (unpaired) electrons. The number of carbonyl (C=O) groups excluding carboxylic acids is 2. The van der Waals surface area contributed by atoms with Crippen molar-refractivity contribution < 1.29 is 14.3 Å². The van der Waals surface area contributed by atoms with Gasteiger partial charge in [-0.1, -0.05) is 24.3 Å². The van der Waals surface area contributed by atoms with Crippen LogP contribution >= 0.6 is 0 Å². The van der Waals surface area contributed by atoms with Crippen molar-refractivity contribution in [1.82, 2.24) is 29.5 Å². The van der Waals surface area contributed by atoms with E-state index in [9.17, 15) is 9.59 Å². The maximum atomic E-state index is 13.0. The van der Waals surface area contributed by atoms with Gasteiger partial charge in [0.05, 0.1) is 18.9 Å². The number of amides is 2. The molecule has 2 aromatic carbocycles. The molecule has 3 aliphatic rings. The number of anilines is 3. The molecule has 0 bridgehead atoms. The second-order valence-corrected chi connectivity index (χ2v) is 12.3. The molecule has 2 N–H and O–H groups in total. The summed E-state index contributed by atoms with van der Waals surface area (Å²) in [6.45, 7) is 6.31. The average molecular weight is 621 g/mol. The number of nitrogens with one attached hydrogen (secondary N) is 2. The zero-order valence-electron chi connectivity index (χ0n) is 26.0. The first kappa shape index (κ1) is 30.1. The molecule has 46 heavy (non-hydrogen) atoms. The number of ether oxygens (including phenoxy) is 1. The Hall–Kier alpha value is -4.61. The van der Waals surface area contributed by atoms with E-state index in [4.69, 9.17) is 14.8 Å². The van der Waals surface area contributed by atoms with E-state index in [2.05, 4.69) is 38.7 Å². The Labute approximate surface area is 269 Å². The molecule has 0 spiro atoms. The van der Waals surface area contributed by atoms with Gasteiger partial charge in [-0.05, 0) is 68.0 Å². The summed E-state index contributed by atoms with van der Waals surface area (Å²) in [4.78, 5) is 39.0. The molecule has 7 rings (SSSR count). The van der Waals surface area contributed by atoms with E-state index >= 15 is 0 Å². The largest absolute Gasteiger partial charge is 0.379 e. The smallest absolute Gasteiger partial charge is 0.244 e. The van der Waals surface area contributed by atoms with Crippen molar-refractivity contribution in [3.8, 4) is 22.5 Å². The Morgan fingerprint density at radius 3 is 2.52 bits per heavy atom. The molecular formula is C35H40N8O3. The predicted molar refractivity (Wildman–Crippen MR) is 177 cm³/mol. The fourth-order valence-electron chi connectivity index (χ4n) is 6.02. The van der Waals surface area contributed by atoms with Gasteiger partial charge in [0.2, 0.25) is 17.8 Å². The molecule has 4 heterocycles. The van der Waals surface area contributed by atoms with Crippen molar-refractivity contribution in [2.24, 2.45) is 5.92 Å². The third kappa shape index (κ3) is 7.43. The van der Waals surface area contributed by atoms with Gasteiger partial charge < -0.3 is 20.3 Å². The third-order valence-electron chi connectivity index (χ3n) is 8.83. The summed E-state index contributed by atoms with van der Waals surface area (Å²) in [5.41, 5.74) is 6.00. The van der Waals surface area contributed by atoms with E-state index in [1.165, 1.54) is 5.56 Å². The van der Waals surface area contributed by atoms with E-state index in [0.717, 1.165) is 101 Å². The second kappa shape index (κ2) is 13.8. The Balaban J connectivity index is 1.11. The molecule has 2 aliphatic heterocycles. The first-order valence-corrected chi connectivity index (χ1v) is 16.3. The number of hydrogen-bond donors (Lipinski definition) is 2. The minimum absolute atomic E-state index is 0.0646. The van der Waals surface area contributed by atoms with Gasteiger partial charge in [-0.25, -0.2) is 9.97 Å². The third-order valence-corrected chi connectivity index (χ3v) is 8.83. The molecule has 11 nitrogen and oxygen atoms in total. The molecule has 0 unspecified atom stereocenters. The van der Waals surface area contributed by atoms with Crippen molar-refractivity contribution in [3.05, 3.63) is 72.6 Å². The van der Waals surface area contributed by atoms with Gasteiger partial charge in [-0.2, -0.15) is 5.10 Å². The van der Waals surface area contributed by atoms with Crippen molar-refractivity contribution >= 4 is 29.1 Å². The molecule has 1 saturated carbocycles. The van der Waals surface area contributed by atoms with E-state index in [-0.39, 0.29) is 24.3 Å². The predicted octanol–water partition coefficient (Wildman–Crippen LogP) is 4.60. The Kier molecular flexibility index (Phi) is 9.02. The Morgan fingerprint density at radius 1 is 0.935 bits per heavy atom. The van der Waals surface area contributed by atoms with E-state index < -0.39 is 0 Å². The van der Waals surface area contributed by atoms with Crippen LogP contribution in [0.1, 0.15) is 31.2 Å². The van der Waals surface area contributed by atoms with Crippen LogP contribution in [-0.2, 0) is 27.3 Å². The standard InChI is InChI=1S/C35H40N8O3/c44-32(42-15-1-2-16-42)24-43-23-30(33(40-43)26-8-10-28(11-9-26)37-34(45)27-6-7-27)31-12-14-36-35(39-31)38-29-5-3-4-25(22-29)13-17-41-18-20-46-21-19-41/h3-5,8-12,14,22-23,27H,1-2,6-7,13,15-21,24H2,(H,37,45)(H,36,38,39). The number of likely N-dealkylation sites (tertiary alicyclic amines) is 1. The summed E-state index contributed by atoms with van der Waals surface area (Å²) < 4.78 is 7.18. The highest BCUT2D eigenvalue weighted by molar-refractivity contribution is 5.94. The van der Waals surface area contributed by atoms with Crippen molar-refractivity contribution in [2.45, 2.75) is 38.6 Å². The number of rotatable bonds is 11. The molecule has 1 aliphatic carbocycles. The Morgan fingerprint density at radius 2 is 1.74 bits per heavy atom. The monoisotopic (exact) mass is 620 g/mol. The number of hydrogen-bond acceptors (Lipinski definition) is 8. The van der Waals surface area contributed by atoms with Crippen LogP contribution in [0.5, 0.6) is 0 Å². The van der Waals surface area contributed by atoms with E-state index in [0.29, 0.717) is 17.3 Å². The van der Waals surface area contributed by atoms with Crippen molar-refractivity contribution in [1.29, 1.82) is 0 Å². The quantitative estimate of drug-likeness (QED) is 0.250. The van der Waals surface area contributed by atoms with Crippen LogP contribution in [0, 0.1) is 5.92 Å². The maximum absolute atomic E-state index is 13.0. The lowest BCUT2D eigenvalue weighted by Crippen LogP contribution is -2.37. The van der Waals surface area contributed by atoms with E-state index in [1.807, 2.05) is 47.5 Å². The van der Waals surface area contributed by atoms with Crippen LogP contribution in [0.4, 0.5) is 17.3 Å². The molecule has 238 valence electrons. The zero-order chi connectivity index (χ0) is 31.3. The molecule has 3 fully saturated rings. The van der Waals surface area contributed by atoms with Crippen LogP contribution in [0.25, 0.3) is 22.5 Å². The molecule has 2 amide bonds. The number of carbonyl (C=O) groups is 2. The van der Waals surface area contributed by atoms with Crippen LogP contribution < -0.4 is 10.6 Å². The summed E-state index contributed by atoms with van der Waals surface area (Å²) in [5, 5.41) is 11.3. The van der Waals surface area contributed by atoms with Crippen LogP contribution in [0.3, 0.4) is 0 Å². The molecule has 0 atom stereocenters. The molecule has 4 aromatic rings. The SMILES string of the molecule is O=C(Nc1ccc(-c2nn(CC(=O)N3CCCC3)cc2-c2ccnc(Nc3cccc(CCN4CCOCC4)c3)n2)cc1)C1CC1. The fourth-order valence-corrected chi connectivity index (χ4v) is 6.02. The lowest BCUT2D eigenvalue weighted by atomic mass is 10.1. The topological polar surface area (TPSA) is 118 Å². The first-order chi connectivity index (χ1) is 22.6. The van der Waals surface area contributed by atoms with Gasteiger partial charge in [0.25, 0.3) is 0 Å². The summed E-state index contributed by atoms with van der Waals surface area (Å²) in [7, 11) is 0.